The van der Waals surface area contributed by atoms with E-state index in [9.17, 15) is 4.79 Å². The number of anilines is 1. The van der Waals surface area contributed by atoms with Crippen molar-refractivity contribution in [1.82, 2.24) is 4.90 Å². The molecule has 1 aromatic carbocycles. The Kier molecular flexibility index (Phi) is 3.64. The number of amides is 1. The zero-order valence-corrected chi connectivity index (χ0v) is 11.6. The number of carbonyl (C=O) groups is 1. The predicted octanol–water partition coefficient (Wildman–Crippen LogP) is 2.46. The van der Waals surface area contributed by atoms with Gasteiger partial charge >= 0.3 is 0 Å². The van der Waals surface area contributed by atoms with Gasteiger partial charge < -0.3 is 10.2 Å². The fourth-order valence-electron chi connectivity index (χ4n) is 2.86. The van der Waals surface area contributed by atoms with Gasteiger partial charge in [-0.1, -0.05) is 24.1 Å². The first kappa shape index (κ1) is 13.1. The Morgan fingerprint density at radius 1 is 1.40 bits per heavy atom. The standard InChI is InChI=1S/C17H20N2O/c1-2-9-19(12-13-7-8-13)17(20)10-14-11-18-16-6-4-3-5-15(14)16/h1,3-6,13-14,18H,7-12H2. The SMILES string of the molecule is C#CCN(CC1CC1)C(=O)CC1CNc2ccccc21. The van der Waals surface area contributed by atoms with E-state index in [2.05, 4.69) is 23.4 Å². The second-order valence-electron chi connectivity index (χ2n) is 5.79. The lowest BCUT2D eigenvalue weighted by atomic mass is 9.97. The van der Waals surface area contributed by atoms with Crippen molar-refractivity contribution in [1.29, 1.82) is 0 Å². The second-order valence-corrected chi connectivity index (χ2v) is 5.79. The molecule has 3 nitrogen and oxygen atoms in total. The summed E-state index contributed by atoms with van der Waals surface area (Å²) in [6.07, 6.45) is 8.42. The van der Waals surface area contributed by atoms with Crippen molar-refractivity contribution in [2.45, 2.75) is 25.2 Å². The molecule has 1 aromatic rings. The average molecular weight is 268 g/mol. The maximum absolute atomic E-state index is 12.5. The topological polar surface area (TPSA) is 32.3 Å². The second kappa shape index (κ2) is 5.58. The summed E-state index contributed by atoms with van der Waals surface area (Å²) >= 11 is 0. The first-order valence-electron chi connectivity index (χ1n) is 7.32. The summed E-state index contributed by atoms with van der Waals surface area (Å²) in [6, 6.07) is 8.24. The number of nitrogens with zero attached hydrogens (tertiary/aromatic N) is 1. The summed E-state index contributed by atoms with van der Waals surface area (Å²) < 4.78 is 0. The van der Waals surface area contributed by atoms with Crippen LogP contribution in [-0.4, -0.2) is 30.4 Å². The van der Waals surface area contributed by atoms with Crippen molar-refractivity contribution in [2.24, 2.45) is 5.92 Å². The number of para-hydroxylation sites is 1. The van der Waals surface area contributed by atoms with Crippen molar-refractivity contribution in [3.05, 3.63) is 29.8 Å². The van der Waals surface area contributed by atoms with Gasteiger partial charge in [-0.2, -0.15) is 0 Å². The minimum Gasteiger partial charge on any atom is -0.384 e. The Balaban J connectivity index is 1.64. The number of carbonyl (C=O) groups excluding carboxylic acids is 1. The van der Waals surface area contributed by atoms with Crippen LogP contribution in [0.1, 0.15) is 30.7 Å². The molecule has 1 saturated carbocycles. The molecule has 0 radical (unpaired) electrons. The van der Waals surface area contributed by atoms with Gasteiger partial charge in [-0.15, -0.1) is 6.42 Å². The molecule has 0 aromatic heterocycles. The summed E-state index contributed by atoms with van der Waals surface area (Å²) in [6.45, 7) is 2.13. The van der Waals surface area contributed by atoms with Crippen LogP contribution in [-0.2, 0) is 4.79 Å². The molecule has 1 amide bonds. The van der Waals surface area contributed by atoms with E-state index < -0.39 is 0 Å². The van der Waals surface area contributed by atoms with E-state index in [1.54, 1.807) is 0 Å². The number of hydrogen-bond acceptors (Lipinski definition) is 2. The number of rotatable bonds is 5. The number of terminal acetylenes is 1. The summed E-state index contributed by atoms with van der Waals surface area (Å²) in [7, 11) is 0. The average Bonchev–Trinajstić information content (AvgIpc) is 3.19. The third-order valence-corrected chi connectivity index (χ3v) is 4.17. The highest BCUT2D eigenvalue weighted by Crippen LogP contribution is 2.34. The Morgan fingerprint density at radius 2 is 2.20 bits per heavy atom. The van der Waals surface area contributed by atoms with Crippen molar-refractivity contribution >= 4 is 11.6 Å². The fourth-order valence-corrected chi connectivity index (χ4v) is 2.86. The molecule has 1 aliphatic heterocycles. The van der Waals surface area contributed by atoms with Crippen molar-refractivity contribution in [3.63, 3.8) is 0 Å². The van der Waals surface area contributed by atoms with E-state index in [1.807, 2.05) is 17.0 Å². The van der Waals surface area contributed by atoms with Crippen LogP contribution in [0.4, 0.5) is 5.69 Å². The molecule has 2 aliphatic rings. The molecule has 0 saturated heterocycles. The smallest absolute Gasteiger partial charge is 0.224 e. The molecule has 0 bridgehead atoms. The number of benzene rings is 1. The summed E-state index contributed by atoms with van der Waals surface area (Å²) in [4.78, 5) is 14.3. The van der Waals surface area contributed by atoms with E-state index >= 15 is 0 Å². The first-order valence-corrected chi connectivity index (χ1v) is 7.32. The van der Waals surface area contributed by atoms with Crippen molar-refractivity contribution in [3.8, 4) is 12.3 Å². The molecule has 20 heavy (non-hydrogen) atoms. The lowest BCUT2D eigenvalue weighted by molar-refractivity contribution is -0.131. The highest BCUT2D eigenvalue weighted by Gasteiger charge is 2.29. The zero-order valence-electron chi connectivity index (χ0n) is 11.6. The van der Waals surface area contributed by atoms with Crippen LogP contribution >= 0.6 is 0 Å². The summed E-state index contributed by atoms with van der Waals surface area (Å²) in [5.74, 6) is 3.77. The van der Waals surface area contributed by atoms with E-state index in [0.717, 1.165) is 18.8 Å². The summed E-state index contributed by atoms with van der Waals surface area (Å²) in [5.41, 5.74) is 2.42. The molecular weight excluding hydrogens is 248 g/mol. The fraction of sp³-hybridized carbons (Fsp3) is 0.471. The highest BCUT2D eigenvalue weighted by molar-refractivity contribution is 5.78. The van der Waals surface area contributed by atoms with Crippen molar-refractivity contribution < 1.29 is 4.79 Å². The monoisotopic (exact) mass is 268 g/mol. The van der Waals surface area contributed by atoms with E-state index in [4.69, 9.17) is 6.42 Å². The van der Waals surface area contributed by atoms with Crippen LogP contribution in [0.3, 0.4) is 0 Å². The van der Waals surface area contributed by atoms with Crippen LogP contribution < -0.4 is 5.32 Å². The minimum absolute atomic E-state index is 0.193. The van der Waals surface area contributed by atoms with E-state index in [1.165, 1.54) is 18.4 Å². The lowest BCUT2D eigenvalue weighted by Gasteiger charge is -2.22. The Bertz CT molecular complexity index is 542. The lowest BCUT2D eigenvalue weighted by Crippen LogP contribution is -2.34. The summed E-state index contributed by atoms with van der Waals surface area (Å²) in [5, 5.41) is 3.37. The van der Waals surface area contributed by atoms with Gasteiger partial charge in [0.25, 0.3) is 0 Å². The largest absolute Gasteiger partial charge is 0.384 e. The number of fused-ring (bicyclic) bond motifs is 1. The third kappa shape index (κ3) is 2.80. The third-order valence-electron chi connectivity index (χ3n) is 4.17. The minimum atomic E-state index is 0.193. The molecule has 1 fully saturated rings. The normalized spacial score (nSPS) is 19.9. The molecule has 1 unspecified atom stereocenters. The van der Waals surface area contributed by atoms with Gasteiger partial charge in [-0.25, -0.2) is 0 Å². The Labute approximate surface area is 120 Å². The van der Waals surface area contributed by atoms with Crippen LogP contribution in [0.25, 0.3) is 0 Å². The van der Waals surface area contributed by atoms with E-state index in [-0.39, 0.29) is 11.8 Å². The molecule has 1 heterocycles. The van der Waals surface area contributed by atoms with Gasteiger partial charge in [0, 0.05) is 31.1 Å². The maximum Gasteiger partial charge on any atom is 0.224 e. The van der Waals surface area contributed by atoms with Gasteiger partial charge in [0.05, 0.1) is 6.54 Å². The zero-order chi connectivity index (χ0) is 13.9. The van der Waals surface area contributed by atoms with Crippen LogP contribution in [0.5, 0.6) is 0 Å². The van der Waals surface area contributed by atoms with Gasteiger partial charge in [0.2, 0.25) is 5.91 Å². The molecule has 1 N–H and O–H groups in total. The quantitative estimate of drug-likeness (QED) is 0.832. The molecular formula is C17H20N2O. The van der Waals surface area contributed by atoms with Gasteiger partial charge in [-0.05, 0) is 30.4 Å². The molecule has 1 aliphatic carbocycles. The molecule has 0 spiro atoms. The number of nitrogens with one attached hydrogen (secondary N) is 1. The molecule has 1 atom stereocenters. The maximum atomic E-state index is 12.5. The van der Waals surface area contributed by atoms with Crippen molar-refractivity contribution in [2.75, 3.05) is 25.0 Å². The van der Waals surface area contributed by atoms with Crippen LogP contribution in [0.2, 0.25) is 0 Å². The van der Waals surface area contributed by atoms with Gasteiger partial charge in [0.1, 0.15) is 0 Å². The Morgan fingerprint density at radius 3 is 2.95 bits per heavy atom. The van der Waals surface area contributed by atoms with Crippen LogP contribution in [0.15, 0.2) is 24.3 Å². The predicted molar refractivity (Wildman–Crippen MR) is 80.4 cm³/mol. The Hall–Kier alpha value is -1.95. The molecule has 3 rings (SSSR count). The highest BCUT2D eigenvalue weighted by atomic mass is 16.2. The van der Waals surface area contributed by atoms with E-state index in [0.29, 0.717) is 18.9 Å². The number of hydrogen-bond donors (Lipinski definition) is 1. The molecule has 104 valence electrons. The van der Waals surface area contributed by atoms with Gasteiger partial charge in [-0.3, -0.25) is 4.79 Å². The van der Waals surface area contributed by atoms with Gasteiger partial charge in [0.15, 0.2) is 0 Å². The first-order chi connectivity index (χ1) is 9.78. The molecule has 3 heteroatoms. The van der Waals surface area contributed by atoms with Crippen LogP contribution in [0, 0.1) is 18.3 Å².